The molecule has 2 aromatic carbocycles. The number of aryl methyl sites for hydroxylation is 2. The van der Waals surface area contributed by atoms with Crippen LogP contribution in [-0.4, -0.2) is 14.2 Å². The van der Waals surface area contributed by atoms with Crippen LogP contribution in [0.4, 0.5) is 4.39 Å². The molecular weight excluding hydrogens is 423 g/mol. The van der Waals surface area contributed by atoms with E-state index in [4.69, 9.17) is 25.8 Å². The first-order chi connectivity index (χ1) is 14.5. The predicted octanol–water partition coefficient (Wildman–Crippen LogP) is 7.01. The predicted molar refractivity (Wildman–Crippen MR) is 121 cm³/mol. The molecule has 6 heteroatoms. The zero-order valence-electron chi connectivity index (χ0n) is 17.5. The van der Waals surface area contributed by atoms with Gasteiger partial charge in [-0.2, -0.15) is 0 Å². The maximum atomic E-state index is 14.0. The third-order valence-corrected chi connectivity index (χ3v) is 6.51. The number of hydrogen-bond acceptors (Lipinski definition) is 4. The van der Waals surface area contributed by atoms with E-state index in [1.165, 1.54) is 16.5 Å². The van der Waals surface area contributed by atoms with Gasteiger partial charge in [-0.15, -0.1) is 11.3 Å². The van der Waals surface area contributed by atoms with E-state index in [0.29, 0.717) is 27.8 Å². The van der Waals surface area contributed by atoms with Gasteiger partial charge in [0.05, 0.1) is 19.2 Å². The topological polar surface area (TPSA) is 27.7 Å². The average molecular weight is 449 g/mol. The molecular formula is C24H26ClFO3S. The Morgan fingerprint density at radius 3 is 2.27 bits per heavy atom. The Kier molecular flexibility index (Phi) is 8.00. The van der Waals surface area contributed by atoms with Crippen molar-refractivity contribution in [3.63, 3.8) is 0 Å². The van der Waals surface area contributed by atoms with Crippen molar-refractivity contribution in [1.29, 1.82) is 0 Å². The summed E-state index contributed by atoms with van der Waals surface area (Å²) in [4.78, 5) is 1.45. The molecule has 0 N–H and O–H groups in total. The first-order valence-electron chi connectivity index (χ1n) is 9.87. The van der Waals surface area contributed by atoms with Gasteiger partial charge in [0.25, 0.3) is 0 Å². The van der Waals surface area contributed by atoms with Crippen molar-refractivity contribution >= 4 is 22.9 Å². The highest BCUT2D eigenvalue weighted by atomic mass is 35.5. The Balaban J connectivity index is 1.68. The standard InChI is InChI=1S/C24H26ClFO3S/c1-16-11-12-30-24(16)10-5-4-7-18-22(27-2)13-17(14-23(18)28-3)29-15-19-20(25)8-6-9-21(19)26/h6,8-9,11-14H,4-5,7,10,15H2,1-3H3. The Morgan fingerprint density at radius 1 is 0.967 bits per heavy atom. The lowest BCUT2D eigenvalue weighted by Gasteiger charge is -2.16. The number of methoxy groups -OCH3 is 2. The molecule has 0 bridgehead atoms. The van der Waals surface area contributed by atoms with E-state index in [2.05, 4.69) is 18.4 Å². The van der Waals surface area contributed by atoms with Crippen LogP contribution >= 0.6 is 22.9 Å². The summed E-state index contributed by atoms with van der Waals surface area (Å²) < 4.78 is 31.0. The van der Waals surface area contributed by atoms with Crippen LogP contribution in [0.1, 0.15) is 34.4 Å². The van der Waals surface area contributed by atoms with E-state index in [1.54, 1.807) is 26.4 Å². The summed E-state index contributed by atoms with van der Waals surface area (Å²) in [6, 6.07) is 10.4. The summed E-state index contributed by atoms with van der Waals surface area (Å²) in [5.41, 5.74) is 2.70. The summed E-state index contributed by atoms with van der Waals surface area (Å²) in [6.45, 7) is 2.18. The largest absolute Gasteiger partial charge is 0.496 e. The molecule has 0 radical (unpaired) electrons. The molecule has 3 nitrogen and oxygen atoms in total. The van der Waals surface area contributed by atoms with E-state index >= 15 is 0 Å². The number of unbranched alkanes of at least 4 members (excludes halogenated alkanes) is 1. The highest BCUT2D eigenvalue weighted by Crippen LogP contribution is 2.36. The Morgan fingerprint density at radius 2 is 1.67 bits per heavy atom. The molecule has 0 saturated heterocycles. The molecule has 0 amide bonds. The van der Waals surface area contributed by atoms with Crippen LogP contribution in [0.3, 0.4) is 0 Å². The highest BCUT2D eigenvalue weighted by Gasteiger charge is 2.15. The number of thiophene rings is 1. The van der Waals surface area contributed by atoms with Gasteiger partial charge in [-0.1, -0.05) is 17.7 Å². The van der Waals surface area contributed by atoms with E-state index in [9.17, 15) is 4.39 Å². The second-order valence-electron chi connectivity index (χ2n) is 7.03. The van der Waals surface area contributed by atoms with Gasteiger partial charge in [-0.25, -0.2) is 4.39 Å². The van der Waals surface area contributed by atoms with Crippen LogP contribution in [0.2, 0.25) is 5.02 Å². The Labute approximate surface area is 186 Å². The van der Waals surface area contributed by atoms with Crippen LogP contribution in [0.25, 0.3) is 0 Å². The molecule has 0 saturated carbocycles. The van der Waals surface area contributed by atoms with E-state index in [0.717, 1.165) is 31.2 Å². The molecule has 0 atom stereocenters. The monoisotopic (exact) mass is 448 g/mol. The lowest BCUT2D eigenvalue weighted by molar-refractivity contribution is 0.294. The van der Waals surface area contributed by atoms with Crippen LogP contribution in [0.15, 0.2) is 41.8 Å². The van der Waals surface area contributed by atoms with E-state index < -0.39 is 0 Å². The van der Waals surface area contributed by atoms with Crippen molar-refractivity contribution in [2.75, 3.05) is 14.2 Å². The van der Waals surface area contributed by atoms with Crippen LogP contribution < -0.4 is 14.2 Å². The van der Waals surface area contributed by atoms with Gasteiger partial charge in [-0.3, -0.25) is 0 Å². The molecule has 0 unspecified atom stereocenters. The zero-order valence-corrected chi connectivity index (χ0v) is 19.0. The fourth-order valence-corrected chi connectivity index (χ4v) is 4.53. The average Bonchev–Trinajstić information content (AvgIpc) is 3.15. The molecule has 30 heavy (non-hydrogen) atoms. The molecule has 160 valence electrons. The van der Waals surface area contributed by atoms with Crippen LogP contribution in [0, 0.1) is 12.7 Å². The molecule has 0 fully saturated rings. The minimum absolute atomic E-state index is 0.0251. The molecule has 0 spiro atoms. The molecule has 0 aliphatic rings. The highest BCUT2D eigenvalue weighted by molar-refractivity contribution is 7.10. The van der Waals surface area contributed by atoms with Crippen molar-refractivity contribution in [3.05, 3.63) is 74.2 Å². The third kappa shape index (κ3) is 5.46. The van der Waals surface area contributed by atoms with Gasteiger partial charge in [0, 0.05) is 28.1 Å². The number of rotatable bonds is 10. The number of halogens is 2. The van der Waals surface area contributed by atoms with Gasteiger partial charge in [-0.05, 0) is 61.7 Å². The SMILES string of the molecule is COc1cc(OCc2c(F)cccc2Cl)cc(OC)c1CCCCc1sccc1C. The van der Waals surface area contributed by atoms with Gasteiger partial charge in [0.1, 0.15) is 29.7 Å². The molecule has 1 aromatic heterocycles. The molecule has 3 rings (SSSR count). The fourth-order valence-electron chi connectivity index (χ4n) is 3.36. The molecule has 0 aliphatic heterocycles. The Bertz CT molecular complexity index is 941. The van der Waals surface area contributed by atoms with Crippen molar-refractivity contribution in [3.8, 4) is 17.2 Å². The summed E-state index contributed by atoms with van der Waals surface area (Å²) in [5.74, 6) is 1.56. The summed E-state index contributed by atoms with van der Waals surface area (Å²) in [7, 11) is 3.26. The van der Waals surface area contributed by atoms with Crippen molar-refractivity contribution in [2.24, 2.45) is 0 Å². The fraction of sp³-hybridized carbons (Fsp3) is 0.333. The maximum absolute atomic E-state index is 14.0. The normalized spacial score (nSPS) is 10.8. The summed E-state index contributed by atoms with van der Waals surface area (Å²) in [6.07, 6.45) is 4.04. The number of benzene rings is 2. The summed E-state index contributed by atoms with van der Waals surface area (Å²) in [5, 5.41) is 2.48. The van der Waals surface area contributed by atoms with Gasteiger partial charge >= 0.3 is 0 Å². The molecule has 1 heterocycles. The first kappa shape index (κ1) is 22.4. The van der Waals surface area contributed by atoms with Crippen LogP contribution in [-0.2, 0) is 19.4 Å². The van der Waals surface area contributed by atoms with Crippen LogP contribution in [0.5, 0.6) is 17.2 Å². The molecule has 0 aliphatic carbocycles. The number of ether oxygens (including phenoxy) is 3. The quantitative estimate of drug-likeness (QED) is 0.312. The second kappa shape index (κ2) is 10.7. The van der Waals surface area contributed by atoms with E-state index in [1.807, 2.05) is 23.5 Å². The van der Waals surface area contributed by atoms with Gasteiger partial charge < -0.3 is 14.2 Å². The lowest BCUT2D eigenvalue weighted by atomic mass is 10.0. The smallest absolute Gasteiger partial charge is 0.131 e. The van der Waals surface area contributed by atoms with Crippen molar-refractivity contribution in [1.82, 2.24) is 0 Å². The molecule has 3 aromatic rings. The van der Waals surface area contributed by atoms with Gasteiger partial charge in [0.2, 0.25) is 0 Å². The Hall–Kier alpha value is -2.24. The van der Waals surface area contributed by atoms with Crippen molar-refractivity contribution < 1.29 is 18.6 Å². The third-order valence-electron chi connectivity index (χ3n) is 5.08. The minimum atomic E-state index is -0.390. The second-order valence-corrected chi connectivity index (χ2v) is 8.44. The van der Waals surface area contributed by atoms with E-state index in [-0.39, 0.29) is 12.4 Å². The minimum Gasteiger partial charge on any atom is -0.496 e. The first-order valence-corrected chi connectivity index (χ1v) is 11.1. The van der Waals surface area contributed by atoms with Gasteiger partial charge in [0.15, 0.2) is 0 Å². The van der Waals surface area contributed by atoms with Crippen molar-refractivity contribution in [2.45, 2.75) is 39.2 Å². The zero-order chi connectivity index (χ0) is 21.5. The number of hydrogen-bond donors (Lipinski definition) is 0. The summed E-state index contributed by atoms with van der Waals surface area (Å²) >= 11 is 7.90. The maximum Gasteiger partial charge on any atom is 0.131 e. The lowest BCUT2D eigenvalue weighted by Crippen LogP contribution is -2.02.